The van der Waals surface area contributed by atoms with E-state index in [1.54, 1.807) is 44.2 Å². The van der Waals surface area contributed by atoms with Gasteiger partial charge in [-0.05, 0) is 73.9 Å². The van der Waals surface area contributed by atoms with E-state index >= 15 is 0 Å². The van der Waals surface area contributed by atoms with E-state index in [1.165, 1.54) is 59.5 Å². The summed E-state index contributed by atoms with van der Waals surface area (Å²) in [6.45, 7) is 4.27. The van der Waals surface area contributed by atoms with Crippen LogP contribution in [0.1, 0.15) is 42.5 Å². The fourth-order valence-corrected chi connectivity index (χ4v) is 6.39. The second kappa shape index (κ2) is 15.5. The Labute approximate surface area is 278 Å². The molecule has 7 nitrogen and oxygen atoms in total. The molecule has 254 valence electrons. The molecule has 0 heterocycles. The summed E-state index contributed by atoms with van der Waals surface area (Å²) in [6, 6.07) is 22.1. The van der Waals surface area contributed by atoms with Gasteiger partial charge in [0.15, 0.2) is 0 Å². The molecule has 0 spiro atoms. The number of anilines is 1. The maximum atomic E-state index is 14.4. The summed E-state index contributed by atoms with van der Waals surface area (Å²) >= 11 is 0. The first kappa shape index (κ1) is 36.1. The van der Waals surface area contributed by atoms with Gasteiger partial charge < -0.3 is 10.2 Å². The average Bonchev–Trinajstić information content (AvgIpc) is 3.06. The summed E-state index contributed by atoms with van der Waals surface area (Å²) in [5.41, 5.74) is 0.419. The van der Waals surface area contributed by atoms with Gasteiger partial charge in [-0.1, -0.05) is 73.2 Å². The van der Waals surface area contributed by atoms with Gasteiger partial charge in [-0.3, -0.25) is 13.9 Å². The van der Waals surface area contributed by atoms with Crippen LogP contribution in [0.15, 0.2) is 108 Å². The maximum Gasteiger partial charge on any atom is 0.416 e. The Bertz CT molecular complexity index is 1800. The molecule has 2 amide bonds. The molecular formula is C36H37F4N3O4S. The summed E-state index contributed by atoms with van der Waals surface area (Å²) in [4.78, 5) is 29.3. The lowest BCUT2D eigenvalue weighted by Gasteiger charge is -2.34. The molecule has 48 heavy (non-hydrogen) atoms. The highest BCUT2D eigenvalue weighted by molar-refractivity contribution is 7.92. The van der Waals surface area contributed by atoms with Crippen molar-refractivity contribution in [2.24, 2.45) is 0 Å². The lowest BCUT2D eigenvalue weighted by molar-refractivity contribution is -0.140. The highest BCUT2D eigenvalue weighted by atomic mass is 32.2. The molecular weight excluding hydrogens is 646 g/mol. The van der Waals surface area contributed by atoms with E-state index in [1.807, 2.05) is 6.92 Å². The number of sulfonamides is 1. The molecule has 0 bridgehead atoms. The van der Waals surface area contributed by atoms with Crippen LogP contribution in [-0.4, -0.2) is 43.8 Å². The molecule has 4 aromatic rings. The summed E-state index contributed by atoms with van der Waals surface area (Å²) in [5, 5.41) is 2.90. The topological polar surface area (TPSA) is 86.8 Å². The lowest BCUT2D eigenvalue weighted by Crippen LogP contribution is -2.54. The van der Waals surface area contributed by atoms with Crippen molar-refractivity contribution in [3.8, 4) is 0 Å². The van der Waals surface area contributed by atoms with Crippen molar-refractivity contribution < 1.29 is 35.6 Å². The quantitative estimate of drug-likeness (QED) is 0.155. The number of nitrogens with one attached hydrogen (secondary N) is 1. The van der Waals surface area contributed by atoms with Crippen LogP contribution in [0, 0.1) is 12.7 Å². The predicted octanol–water partition coefficient (Wildman–Crippen LogP) is 6.90. The molecule has 12 heteroatoms. The Balaban J connectivity index is 1.84. The normalized spacial score (nSPS) is 13.0. The molecule has 0 aliphatic carbocycles. The molecule has 0 aliphatic heterocycles. The second-order valence-corrected chi connectivity index (χ2v) is 13.4. The van der Waals surface area contributed by atoms with E-state index in [2.05, 4.69) is 5.32 Å². The van der Waals surface area contributed by atoms with Crippen LogP contribution in [-0.2, 0) is 38.8 Å². The number of carbonyl (C=O) groups excluding carboxylic acids is 2. The largest absolute Gasteiger partial charge is 0.416 e. The Kier molecular flexibility index (Phi) is 11.6. The highest BCUT2D eigenvalue weighted by Gasteiger charge is 2.36. The van der Waals surface area contributed by atoms with E-state index in [0.717, 1.165) is 17.7 Å². The molecule has 0 aromatic heterocycles. The molecule has 0 radical (unpaired) electrons. The number of hydrogen-bond donors (Lipinski definition) is 1. The van der Waals surface area contributed by atoms with Crippen molar-refractivity contribution in [3.05, 3.63) is 131 Å². The molecule has 1 N–H and O–H groups in total. The SMILES string of the molecule is CC[C@H](C)NC(=O)[C@@H](Cc1ccccc1)N(Cc1ccc(F)cc1)C(=O)CN(c1cccc(C(F)(F)F)c1)S(=O)(=O)c1ccc(C)cc1. The number of nitrogens with zero attached hydrogens (tertiary/aromatic N) is 2. The second-order valence-electron chi connectivity index (χ2n) is 11.5. The van der Waals surface area contributed by atoms with E-state index in [0.29, 0.717) is 27.9 Å². The standard InChI is InChI=1S/C36H37F4N3O4S/c1-4-26(3)41-35(45)33(21-27-9-6-5-7-10-27)42(23-28-15-17-30(37)18-16-28)34(44)24-43(31-12-8-11-29(22-31)36(38,39)40)48(46,47)32-19-13-25(2)14-20-32/h5-20,22,26,33H,4,21,23-24H2,1-3H3,(H,41,45)/t26-,33+/m0/s1. The zero-order chi connectivity index (χ0) is 35.1. The zero-order valence-corrected chi connectivity index (χ0v) is 27.6. The highest BCUT2D eigenvalue weighted by Crippen LogP contribution is 2.33. The number of aryl methyl sites for hydroxylation is 1. The van der Waals surface area contributed by atoms with Crippen LogP contribution >= 0.6 is 0 Å². The molecule has 0 fully saturated rings. The molecule has 0 saturated carbocycles. The van der Waals surface area contributed by atoms with Crippen molar-refractivity contribution >= 4 is 27.5 Å². The number of carbonyl (C=O) groups is 2. The fourth-order valence-electron chi connectivity index (χ4n) is 4.99. The Morgan fingerprint density at radius 2 is 1.50 bits per heavy atom. The molecule has 4 aromatic carbocycles. The van der Waals surface area contributed by atoms with Gasteiger partial charge in [0.1, 0.15) is 18.4 Å². The van der Waals surface area contributed by atoms with Crippen molar-refractivity contribution in [3.63, 3.8) is 0 Å². The van der Waals surface area contributed by atoms with Gasteiger partial charge in [-0.25, -0.2) is 12.8 Å². The zero-order valence-electron chi connectivity index (χ0n) is 26.7. The van der Waals surface area contributed by atoms with Crippen LogP contribution in [0.25, 0.3) is 0 Å². The molecule has 2 atom stereocenters. The van der Waals surface area contributed by atoms with Gasteiger partial charge in [0.2, 0.25) is 11.8 Å². The van der Waals surface area contributed by atoms with Crippen molar-refractivity contribution in [2.45, 2.75) is 63.3 Å². The van der Waals surface area contributed by atoms with E-state index < -0.39 is 52.0 Å². The first-order valence-electron chi connectivity index (χ1n) is 15.3. The van der Waals surface area contributed by atoms with Crippen LogP contribution in [0.4, 0.5) is 23.2 Å². The Morgan fingerprint density at radius 1 is 0.854 bits per heavy atom. The number of benzene rings is 4. The van der Waals surface area contributed by atoms with Crippen LogP contribution in [0.2, 0.25) is 0 Å². The predicted molar refractivity (Wildman–Crippen MR) is 176 cm³/mol. The van der Waals surface area contributed by atoms with Gasteiger partial charge in [0.05, 0.1) is 16.1 Å². The van der Waals surface area contributed by atoms with E-state index in [-0.39, 0.29) is 29.6 Å². The summed E-state index contributed by atoms with van der Waals surface area (Å²) in [5.74, 6) is -1.88. The van der Waals surface area contributed by atoms with Crippen LogP contribution in [0.5, 0.6) is 0 Å². The number of halogens is 4. The van der Waals surface area contributed by atoms with Crippen molar-refractivity contribution in [1.82, 2.24) is 10.2 Å². The Morgan fingerprint density at radius 3 is 2.10 bits per heavy atom. The summed E-state index contributed by atoms with van der Waals surface area (Å²) < 4.78 is 84.0. The van der Waals surface area contributed by atoms with Crippen LogP contribution in [0.3, 0.4) is 0 Å². The van der Waals surface area contributed by atoms with Crippen LogP contribution < -0.4 is 9.62 Å². The molecule has 0 aliphatic rings. The first-order chi connectivity index (χ1) is 22.7. The first-order valence-corrected chi connectivity index (χ1v) is 16.8. The van der Waals surface area contributed by atoms with Gasteiger partial charge in [-0.15, -0.1) is 0 Å². The van der Waals surface area contributed by atoms with Gasteiger partial charge in [-0.2, -0.15) is 13.2 Å². The minimum Gasteiger partial charge on any atom is -0.352 e. The van der Waals surface area contributed by atoms with Crippen molar-refractivity contribution in [2.75, 3.05) is 10.8 Å². The number of amides is 2. The maximum absolute atomic E-state index is 14.4. The number of hydrogen-bond acceptors (Lipinski definition) is 4. The smallest absolute Gasteiger partial charge is 0.352 e. The molecule has 4 rings (SSSR count). The third kappa shape index (κ3) is 9.21. The van der Waals surface area contributed by atoms with E-state index in [9.17, 15) is 35.6 Å². The number of alkyl halides is 3. The van der Waals surface area contributed by atoms with Gasteiger partial charge >= 0.3 is 6.18 Å². The average molecular weight is 684 g/mol. The lowest BCUT2D eigenvalue weighted by atomic mass is 10.0. The Hall–Kier alpha value is -4.71. The van der Waals surface area contributed by atoms with Gasteiger partial charge in [0, 0.05) is 19.0 Å². The minimum atomic E-state index is -4.79. The van der Waals surface area contributed by atoms with E-state index in [4.69, 9.17) is 0 Å². The third-order valence-corrected chi connectivity index (χ3v) is 9.68. The minimum absolute atomic E-state index is 0.0459. The third-order valence-electron chi connectivity index (χ3n) is 7.89. The fraction of sp³-hybridized carbons (Fsp3) is 0.278. The number of rotatable bonds is 13. The van der Waals surface area contributed by atoms with Gasteiger partial charge in [0.25, 0.3) is 10.0 Å². The molecule has 0 unspecified atom stereocenters. The molecule has 0 saturated heterocycles. The summed E-state index contributed by atoms with van der Waals surface area (Å²) in [6.07, 6.45) is -4.15. The van der Waals surface area contributed by atoms with Crippen molar-refractivity contribution in [1.29, 1.82) is 0 Å². The monoisotopic (exact) mass is 683 g/mol. The summed E-state index contributed by atoms with van der Waals surface area (Å²) in [7, 11) is -4.60.